The molecule has 134 valence electrons. The number of rotatable bonds is 1. The zero-order valence-electron chi connectivity index (χ0n) is 14.2. The van der Waals surface area contributed by atoms with Crippen LogP contribution in [0.1, 0.15) is 5.56 Å². The normalized spacial score (nSPS) is 15.1. The molecule has 0 radical (unpaired) electrons. The SMILES string of the molecule is COc1ccc2cc1OC/C=C/COc1cc3c([nH]c(=O)n3C2)c(N)n1. The van der Waals surface area contributed by atoms with Crippen molar-refractivity contribution < 1.29 is 14.2 Å². The number of imidazole rings is 1. The van der Waals surface area contributed by atoms with Gasteiger partial charge in [0.15, 0.2) is 17.3 Å². The lowest BCUT2D eigenvalue weighted by atomic mass is 10.2. The van der Waals surface area contributed by atoms with Crippen LogP contribution in [0.15, 0.2) is 41.2 Å². The second kappa shape index (κ2) is 6.47. The summed E-state index contributed by atoms with van der Waals surface area (Å²) in [6, 6.07) is 7.29. The van der Waals surface area contributed by atoms with Crippen LogP contribution in [0.3, 0.4) is 0 Å². The van der Waals surface area contributed by atoms with Crippen molar-refractivity contribution in [2.75, 3.05) is 26.1 Å². The van der Waals surface area contributed by atoms with Crippen LogP contribution in [0.2, 0.25) is 0 Å². The molecule has 0 saturated heterocycles. The van der Waals surface area contributed by atoms with E-state index in [4.69, 9.17) is 19.9 Å². The summed E-state index contributed by atoms with van der Waals surface area (Å²) in [6.45, 7) is 1.03. The lowest BCUT2D eigenvalue weighted by Gasteiger charge is -2.12. The summed E-state index contributed by atoms with van der Waals surface area (Å²) in [6.07, 6.45) is 3.68. The number of pyridine rings is 1. The molecule has 0 aliphatic carbocycles. The van der Waals surface area contributed by atoms with Gasteiger partial charge in [0.1, 0.15) is 18.7 Å². The minimum absolute atomic E-state index is 0.225. The summed E-state index contributed by atoms with van der Waals surface area (Å²) in [7, 11) is 1.59. The van der Waals surface area contributed by atoms with Crippen molar-refractivity contribution in [2.45, 2.75) is 6.54 Å². The van der Waals surface area contributed by atoms with Crippen molar-refractivity contribution in [1.82, 2.24) is 14.5 Å². The molecule has 3 aromatic rings. The molecule has 2 aromatic heterocycles. The molecular formula is C18H18N4O4. The molecule has 0 fully saturated rings. The Balaban J connectivity index is 1.88. The third-order valence-corrected chi connectivity index (χ3v) is 4.17. The van der Waals surface area contributed by atoms with Crippen LogP contribution in [-0.4, -0.2) is 34.9 Å². The number of methoxy groups -OCH3 is 1. The van der Waals surface area contributed by atoms with E-state index in [1.165, 1.54) is 0 Å². The van der Waals surface area contributed by atoms with Gasteiger partial charge in [-0.1, -0.05) is 6.07 Å². The first-order valence-corrected chi connectivity index (χ1v) is 8.12. The first kappa shape index (κ1) is 16.1. The standard InChI is InChI=1S/C18H18N4O4/c1-24-13-5-4-11-8-14(13)25-6-2-3-7-26-15-9-12-16(17(19)20-15)21-18(23)22(12)10-11/h2-5,8-9H,6-7,10H2,1H3,(H2,19,20)(H,21,23)/b3-2+. The predicted octanol–water partition coefficient (Wildman–Crippen LogP) is 1.69. The number of hydrogen-bond donors (Lipinski definition) is 2. The van der Waals surface area contributed by atoms with Crippen molar-refractivity contribution in [3.63, 3.8) is 0 Å². The van der Waals surface area contributed by atoms with Gasteiger partial charge in [0.2, 0.25) is 5.88 Å². The second-order valence-electron chi connectivity index (χ2n) is 5.83. The molecule has 0 atom stereocenters. The van der Waals surface area contributed by atoms with E-state index in [-0.39, 0.29) is 11.5 Å². The van der Waals surface area contributed by atoms with Crippen LogP contribution >= 0.6 is 0 Å². The Morgan fingerprint density at radius 3 is 2.85 bits per heavy atom. The number of nitrogen functional groups attached to an aromatic ring is 1. The molecule has 0 unspecified atom stereocenters. The number of nitrogens with one attached hydrogen (secondary N) is 1. The molecule has 1 aliphatic heterocycles. The number of hydrogen-bond acceptors (Lipinski definition) is 6. The molecule has 4 rings (SSSR count). The summed E-state index contributed by atoms with van der Waals surface area (Å²) in [5.74, 6) is 1.83. The highest BCUT2D eigenvalue weighted by Gasteiger charge is 2.14. The van der Waals surface area contributed by atoms with Crippen molar-refractivity contribution in [3.8, 4) is 17.4 Å². The Morgan fingerprint density at radius 2 is 2.04 bits per heavy atom. The lowest BCUT2D eigenvalue weighted by Crippen LogP contribution is -2.17. The van der Waals surface area contributed by atoms with Crippen LogP contribution in [0, 0.1) is 0 Å². The maximum Gasteiger partial charge on any atom is 0.326 e. The van der Waals surface area contributed by atoms with Crippen molar-refractivity contribution in [3.05, 3.63) is 52.5 Å². The topological polar surface area (TPSA) is 104 Å². The number of ether oxygens (including phenoxy) is 3. The Labute approximate surface area is 148 Å². The molecule has 3 N–H and O–H groups in total. The van der Waals surface area contributed by atoms with E-state index in [2.05, 4.69) is 9.97 Å². The molecule has 4 bridgehead atoms. The van der Waals surface area contributed by atoms with E-state index in [1.807, 2.05) is 30.4 Å². The van der Waals surface area contributed by atoms with Crippen LogP contribution < -0.4 is 25.6 Å². The molecule has 0 spiro atoms. The van der Waals surface area contributed by atoms with Gasteiger partial charge in [-0.2, -0.15) is 4.98 Å². The van der Waals surface area contributed by atoms with E-state index in [0.29, 0.717) is 48.2 Å². The fraction of sp³-hybridized carbons (Fsp3) is 0.222. The summed E-state index contributed by atoms with van der Waals surface area (Å²) in [5.41, 5.74) is 7.74. The Bertz CT molecular complexity index is 1050. The largest absolute Gasteiger partial charge is 0.493 e. The predicted molar refractivity (Wildman–Crippen MR) is 97.0 cm³/mol. The molecule has 26 heavy (non-hydrogen) atoms. The number of fused-ring (bicyclic) bond motifs is 3. The molecule has 8 nitrogen and oxygen atoms in total. The third kappa shape index (κ3) is 2.85. The Hall–Kier alpha value is -3.42. The van der Waals surface area contributed by atoms with E-state index in [1.54, 1.807) is 17.7 Å². The molecule has 8 heteroatoms. The van der Waals surface area contributed by atoms with Gasteiger partial charge in [-0.05, 0) is 29.8 Å². The molecule has 1 aromatic carbocycles. The first-order valence-electron chi connectivity index (χ1n) is 8.12. The van der Waals surface area contributed by atoms with Crippen LogP contribution in [0.5, 0.6) is 17.4 Å². The lowest BCUT2D eigenvalue weighted by molar-refractivity contribution is 0.322. The molecule has 0 amide bonds. The Morgan fingerprint density at radius 1 is 1.23 bits per heavy atom. The number of aromatic nitrogens is 3. The van der Waals surface area contributed by atoms with E-state index < -0.39 is 0 Å². The summed E-state index contributed by atoms with van der Waals surface area (Å²) >= 11 is 0. The van der Waals surface area contributed by atoms with E-state index in [0.717, 1.165) is 5.56 Å². The maximum absolute atomic E-state index is 12.4. The van der Waals surface area contributed by atoms with Gasteiger partial charge in [0, 0.05) is 6.07 Å². The molecule has 3 heterocycles. The van der Waals surface area contributed by atoms with Crippen LogP contribution in [-0.2, 0) is 6.54 Å². The average molecular weight is 354 g/mol. The fourth-order valence-corrected chi connectivity index (χ4v) is 2.91. The molecule has 0 saturated carbocycles. The first-order chi connectivity index (χ1) is 12.7. The third-order valence-electron chi connectivity index (χ3n) is 4.17. The number of anilines is 1. The van der Waals surface area contributed by atoms with Crippen molar-refractivity contribution in [2.24, 2.45) is 0 Å². The quantitative estimate of drug-likeness (QED) is 0.645. The number of benzene rings is 1. The second-order valence-corrected chi connectivity index (χ2v) is 5.83. The maximum atomic E-state index is 12.4. The highest BCUT2D eigenvalue weighted by molar-refractivity contribution is 5.85. The monoisotopic (exact) mass is 354 g/mol. The van der Waals surface area contributed by atoms with Gasteiger partial charge in [-0.3, -0.25) is 4.57 Å². The van der Waals surface area contributed by atoms with Gasteiger partial charge >= 0.3 is 5.69 Å². The summed E-state index contributed by atoms with van der Waals surface area (Å²) in [4.78, 5) is 19.4. The zero-order chi connectivity index (χ0) is 18.1. The van der Waals surface area contributed by atoms with E-state index >= 15 is 0 Å². The number of H-pyrrole nitrogens is 1. The average Bonchev–Trinajstić information content (AvgIpc) is 2.94. The van der Waals surface area contributed by atoms with Gasteiger partial charge in [0.05, 0.1) is 19.2 Å². The van der Waals surface area contributed by atoms with Crippen LogP contribution in [0.4, 0.5) is 5.82 Å². The van der Waals surface area contributed by atoms with Crippen molar-refractivity contribution in [1.29, 1.82) is 0 Å². The number of nitrogens with zero attached hydrogens (tertiary/aromatic N) is 2. The molecule has 1 aliphatic rings. The summed E-state index contributed by atoms with van der Waals surface area (Å²) in [5, 5.41) is 0. The Kier molecular flexibility index (Phi) is 4.00. The minimum atomic E-state index is -0.268. The smallest absolute Gasteiger partial charge is 0.326 e. The van der Waals surface area contributed by atoms with Crippen LogP contribution in [0.25, 0.3) is 11.0 Å². The zero-order valence-corrected chi connectivity index (χ0v) is 14.2. The van der Waals surface area contributed by atoms with Gasteiger partial charge in [0.25, 0.3) is 0 Å². The highest BCUT2D eigenvalue weighted by atomic mass is 16.5. The number of aromatic amines is 1. The number of nitrogens with two attached hydrogens (primary N) is 1. The van der Waals surface area contributed by atoms with Gasteiger partial charge in [-0.25, -0.2) is 4.79 Å². The fourth-order valence-electron chi connectivity index (χ4n) is 2.91. The highest BCUT2D eigenvalue weighted by Crippen LogP contribution is 2.29. The summed E-state index contributed by atoms with van der Waals surface area (Å²) < 4.78 is 18.3. The van der Waals surface area contributed by atoms with Crippen molar-refractivity contribution >= 4 is 16.9 Å². The molecular weight excluding hydrogens is 336 g/mol. The van der Waals surface area contributed by atoms with E-state index in [9.17, 15) is 4.79 Å². The van der Waals surface area contributed by atoms with Gasteiger partial charge < -0.3 is 24.9 Å². The van der Waals surface area contributed by atoms with Gasteiger partial charge in [-0.15, -0.1) is 0 Å². The minimum Gasteiger partial charge on any atom is -0.493 e.